The molecular formula is C14H18N2O3. The number of amides is 1. The third-order valence-corrected chi connectivity index (χ3v) is 3.39. The van der Waals surface area contributed by atoms with Crippen LogP contribution in [0.25, 0.3) is 0 Å². The lowest BCUT2D eigenvalue weighted by Gasteiger charge is -2.21. The highest BCUT2D eigenvalue weighted by molar-refractivity contribution is 5.98. The van der Waals surface area contributed by atoms with Crippen molar-refractivity contribution in [1.82, 2.24) is 4.90 Å². The summed E-state index contributed by atoms with van der Waals surface area (Å²) in [5.41, 5.74) is 7.53. The molecule has 1 fully saturated rings. The maximum absolute atomic E-state index is 12.4. The Bertz CT molecular complexity index is 509. The minimum atomic E-state index is -0.990. The summed E-state index contributed by atoms with van der Waals surface area (Å²) in [4.78, 5) is 24.7. The maximum Gasteiger partial charge on any atom is 0.323 e. The van der Waals surface area contributed by atoms with Gasteiger partial charge in [0.25, 0.3) is 5.91 Å². The van der Waals surface area contributed by atoms with E-state index in [0.29, 0.717) is 29.3 Å². The number of nitrogen functional groups attached to an aromatic ring is 1. The predicted molar refractivity (Wildman–Crippen MR) is 71.9 cm³/mol. The molecule has 0 unspecified atom stereocenters. The molecule has 1 aliphatic carbocycles. The van der Waals surface area contributed by atoms with Crippen molar-refractivity contribution in [1.29, 1.82) is 0 Å². The second kappa shape index (κ2) is 5.30. The zero-order valence-corrected chi connectivity index (χ0v) is 10.9. The number of benzene rings is 1. The number of hydrogen-bond acceptors (Lipinski definition) is 3. The first-order valence-electron chi connectivity index (χ1n) is 6.35. The standard InChI is InChI=1S/C14H18N2O3/c1-9-11(3-2-4-12(9)15)14(19)16(8-13(17)18)7-10-5-6-10/h2-4,10H,5-8,15H2,1H3,(H,17,18). The molecule has 0 heterocycles. The fourth-order valence-electron chi connectivity index (χ4n) is 2.05. The first-order valence-corrected chi connectivity index (χ1v) is 6.35. The number of carbonyl (C=O) groups excluding carboxylic acids is 1. The zero-order valence-electron chi connectivity index (χ0n) is 10.9. The van der Waals surface area contributed by atoms with Gasteiger partial charge in [0.15, 0.2) is 0 Å². The van der Waals surface area contributed by atoms with Gasteiger partial charge in [-0.1, -0.05) is 6.07 Å². The average Bonchev–Trinajstić information content (AvgIpc) is 3.14. The number of carboxylic acids is 1. The lowest BCUT2D eigenvalue weighted by atomic mass is 10.1. The lowest BCUT2D eigenvalue weighted by Crippen LogP contribution is -2.37. The number of anilines is 1. The van der Waals surface area contributed by atoms with Crippen LogP contribution in [0.15, 0.2) is 18.2 Å². The molecule has 1 aromatic carbocycles. The molecule has 1 aromatic rings. The van der Waals surface area contributed by atoms with Gasteiger partial charge < -0.3 is 15.7 Å². The van der Waals surface area contributed by atoms with Crippen molar-refractivity contribution in [3.63, 3.8) is 0 Å². The van der Waals surface area contributed by atoms with Crippen molar-refractivity contribution in [2.75, 3.05) is 18.8 Å². The van der Waals surface area contributed by atoms with Gasteiger partial charge in [0.05, 0.1) is 0 Å². The fourth-order valence-corrected chi connectivity index (χ4v) is 2.05. The van der Waals surface area contributed by atoms with Gasteiger partial charge in [0, 0.05) is 17.8 Å². The Balaban J connectivity index is 2.21. The van der Waals surface area contributed by atoms with Crippen molar-refractivity contribution < 1.29 is 14.7 Å². The molecule has 0 saturated heterocycles. The van der Waals surface area contributed by atoms with Crippen molar-refractivity contribution in [2.45, 2.75) is 19.8 Å². The highest BCUT2D eigenvalue weighted by Crippen LogP contribution is 2.30. The molecule has 0 aromatic heterocycles. The fraction of sp³-hybridized carbons (Fsp3) is 0.429. The van der Waals surface area contributed by atoms with E-state index in [2.05, 4.69) is 0 Å². The topological polar surface area (TPSA) is 83.6 Å². The number of carbonyl (C=O) groups is 2. The molecule has 102 valence electrons. The Morgan fingerprint density at radius 1 is 1.42 bits per heavy atom. The molecule has 0 atom stereocenters. The summed E-state index contributed by atoms with van der Waals surface area (Å²) in [7, 11) is 0. The number of nitrogens with zero attached hydrogens (tertiary/aromatic N) is 1. The predicted octanol–water partition coefficient (Wildman–Crippen LogP) is 1.51. The normalized spacial score (nSPS) is 14.2. The van der Waals surface area contributed by atoms with E-state index in [1.165, 1.54) is 4.90 Å². The first kappa shape index (κ1) is 13.4. The summed E-state index contributed by atoms with van der Waals surface area (Å²) in [5, 5.41) is 8.92. The minimum Gasteiger partial charge on any atom is -0.480 e. The monoisotopic (exact) mass is 262 g/mol. The average molecular weight is 262 g/mol. The highest BCUT2D eigenvalue weighted by Gasteiger charge is 2.29. The summed E-state index contributed by atoms with van der Waals surface area (Å²) in [6, 6.07) is 5.13. The van der Waals surface area contributed by atoms with Crippen LogP contribution in [0, 0.1) is 12.8 Å². The molecule has 0 radical (unpaired) electrons. The summed E-state index contributed by atoms with van der Waals surface area (Å²) in [6.07, 6.45) is 2.14. The molecule has 19 heavy (non-hydrogen) atoms. The number of hydrogen-bond donors (Lipinski definition) is 2. The summed E-state index contributed by atoms with van der Waals surface area (Å²) in [5.74, 6) is -0.792. The van der Waals surface area contributed by atoms with E-state index < -0.39 is 5.97 Å². The van der Waals surface area contributed by atoms with Crippen LogP contribution in [0.1, 0.15) is 28.8 Å². The van der Waals surface area contributed by atoms with Gasteiger partial charge >= 0.3 is 5.97 Å². The molecule has 0 spiro atoms. The van der Waals surface area contributed by atoms with Crippen LogP contribution in [-0.4, -0.2) is 35.0 Å². The third-order valence-electron chi connectivity index (χ3n) is 3.39. The molecule has 0 bridgehead atoms. The Kier molecular flexibility index (Phi) is 3.74. The van der Waals surface area contributed by atoms with Gasteiger partial charge in [0.1, 0.15) is 6.54 Å². The summed E-state index contributed by atoms with van der Waals surface area (Å²) in [6.45, 7) is 2.03. The van der Waals surface area contributed by atoms with Gasteiger partial charge in [-0.3, -0.25) is 9.59 Å². The molecular weight excluding hydrogens is 244 g/mol. The first-order chi connectivity index (χ1) is 8.99. The van der Waals surface area contributed by atoms with E-state index in [4.69, 9.17) is 10.8 Å². The van der Waals surface area contributed by atoms with Gasteiger partial charge in [-0.2, -0.15) is 0 Å². The van der Waals surface area contributed by atoms with Crippen molar-refractivity contribution >= 4 is 17.6 Å². The molecule has 5 nitrogen and oxygen atoms in total. The smallest absolute Gasteiger partial charge is 0.323 e. The largest absolute Gasteiger partial charge is 0.480 e. The van der Waals surface area contributed by atoms with Gasteiger partial charge in [0.2, 0.25) is 0 Å². The van der Waals surface area contributed by atoms with Crippen LogP contribution in [0.5, 0.6) is 0 Å². The van der Waals surface area contributed by atoms with Gasteiger partial charge in [-0.15, -0.1) is 0 Å². The van der Waals surface area contributed by atoms with Crippen LogP contribution >= 0.6 is 0 Å². The van der Waals surface area contributed by atoms with Crippen LogP contribution in [0.4, 0.5) is 5.69 Å². The van der Waals surface area contributed by atoms with Crippen LogP contribution in [0.2, 0.25) is 0 Å². The van der Waals surface area contributed by atoms with Crippen LogP contribution < -0.4 is 5.73 Å². The van der Waals surface area contributed by atoms with Gasteiger partial charge in [-0.05, 0) is 43.4 Å². The number of carboxylic acid groups (broad SMARTS) is 1. The molecule has 3 N–H and O–H groups in total. The molecule has 1 saturated carbocycles. The quantitative estimate of drug-likeness (QED) is 0.788. The second-order valence-electron chi connectivity index (χ2n) is 5.04. The number of rotatable bonds is 5. The highest BCUT2D eigenvalue weighted by atomic mass is 16.4. The van der Waals surface area contributed by atoms with Crippen molar-refractivity contribution in [3.8, 4) is 0 Å². The maximum atomic E-state index is 12.4. The second-order valence-corrected chi connectivity index (χ2v) is 5.04. The van der Waals surface area contributed by atoms with E-state index in [9.17, 15) is 9.59 Å². The van der Waals surface area contributed by atoms with Gasteiger partial charge in [-0.25, -0.2) is 0 Å². The Labute approximate surface area is 112 Å². The molecule has 1 amide bonds. The summed E-state index contributed by atoms with van der Waals surface area (Å²) >= 11 is 0. The van der Waals surface area contributed by atoms with Crippen LogP contribution in [0.3, 0.4) is 0 Å². The minimum absolute atomic E-state index is 0.251. The van der Waals surface area contributed by atoms with E-state index >= 15 is 0 Å². The van der Waals surface area contributed by atoms with Crippen molar-refractivity contribution in [3.05, 3.63) is 29.3 Å². The van der Waals surface area contributed by atoms with E-state index in [0.717, 1.165) is 12.8 Å². The molecule has 5 heteroatoms. The summed E-state index contributed by atoms with van der Waals surface area (Å²) < 4.78 is 0. The van der Waals surface area contributed by atoms with E-state index in [1.54, 1.807) is 25.1 Å². The molecule has 2 rings (SSSR count). The Morgan fingerprint density at radius 3 is 2.68 bits per heavy atom. The van der Waals surface area contributed by atoms with Crippen LogP contribution in [-0.2, 0) is 4.79 Å². The Morgan fingerprint density at radius 2 is 2.11 bits per heavy atom. The molecule has 0 aliphatic heterocycles. The number of nitrogens with two attached hydrogens (primary N) is 1. The van der Waals surface area contributed by atoms with E-state index in [1.807, 2.05) is 0 Å². The lowest BCUT2D eigenvalue weighted by molar-refractivity contribution is -0.137. The third kappa shape index (κ3) is 3.24. The SMILES string of the molecule is Cc1c(N)cccc1C(=O)N(CC(=O)O)CC1CC1. The number of aliphatic carboxylic acids is 1. The molecule has 1 aliphatic rings. The van der Waals surface area contributed by atoms with E-state index in [-0.39, 0.29) is 12.5 Å². The Hall–Kier alpha value is -2.04. The van der Waals surface area contributed by atoms with Crippen molar-refractivity contribution in [2.24, 2.45) is 5.92 Å². The zero-order chi connectivity index (χ0) is 14.0.